The average Bonchev–Trinajstić information content (AvgIpc) is 2.78. The van der Waals surface area contributed by atoms with Crippen LogP contribution in [0.15, 0.2) is 0 Å². The maximum absolute atomic E-state index is 11.4. The van der Waals surface area contributed by atoms with Crippen molar-refractivity contribution in [2.45, 2.75) is 19.3 Å². The number of hydrogen-bond donors (Lipinski definition) is 0. The molecule has 0 spiro atoms. The molecular weight excluding hydrogens is 218 g/mol. The van der Waals surface area contributed by atoms with Crippen LogP contribution in [0.4, 0.5) is 0 Å². The summed E-state index contributed by atoms with van der Waals surface area (Å²) in [4.78, 5) is 13.8. The van der Waals surface area contributed by atoms with Gasteiger partial charge in [-0.15, -0.1) is 0 Å². The van der Waals surface area contributed by atoms with Gasteiger partial charge in [0.05, 0.1) is 6.61 Å². The highest BCUT2D eigenvalue weighted by Crippen LogP contribution is 2.31. The molecule has 2 aliphatic heterocycles. The topological polar surface area (TPSA) is 38.8 Å². The van der Waals surface area contributed by atoms with E-state index in [0.29, 0.717) is 5.92 Å². The zero-order valence-electron chi connectivity index (χ0n) is 10.7. The highest BCUT2D eigenvalue weighted by Gasteiger charge is 2.36. The van der Waals surface area contributed by atoms with Crippen LogP contribution in [0.3, 0.4) is 0 Å². The van der Waals surface area contributed by atoms with Gasteiger partial charge in [-0.1, -0.05) is 0 Å². The van der Waals surface area contributed by atoms with Crippen LogP contribution in [-0.4, -0.2) is 57.8 Å². The normalized spacial score (nSPS) is 29.4. The number of hydrogen-bond acceptors (Lipinski definition) is 4. The summed E-state index contributed by atoms with van der Waals surface area (Å²) in [6.45, 7) is 5.38. The molecule has 2 heterocycles. The van der Waals surface area contributed by atoms with Crippen LogP contribution in [0, 0.1) is 11.3 Å². The lowest BCUT2D eigenvalue weighted by Gasteiger charge is -2.35. The van der Waals surface area contributed by atoms with Gasteiger partial charge in [-0.25, -0.2) is 0 Å². The van der Waals surface area contributed by atoms with Crippen molar-refractivity contribution in [3.63, 3.8) is 0 Å². The quantitative estimate of drug-likeness (QED) is 0.672. The van der Waals surface area contributed by atoms with Crippen molar-refractivity contribution in [1.29, 1.82) is 0 Å². The van der Waals surface area contributed by atoms with Crippen molar-refractivity contribution in [3.05, 3.63) is 0 Å². The number of likely N-dealkylation sites (tertiary alicyclic amines) is 1. The van der Waals surface area contributed by atoms with Gasteiger partial charge in [0.2, 0.25) is 0 Å². The van der Waals surface area contributed by atoms with E-state index in [0.717, 1.165) is 52.3 Å². The Morgan fingerprint density at radius 3 is 2.88 bits per heavy atom. The van der Waals surface area contributed by atoms with Gasteiger partial charge in [-0.2, -0.15) is 0 Å². The molecule has 98 valence electrons. The Morgan fingerprint density at radius 1 is 1.47 bits per heavy atom. The van der Waals surface area contributed by atoms with Crippen LogP contribution in [0.25, 0.3) is 0 Å². The molecule has 0 aromatic rings. The summed E-state index contributed by atoms with van der Waals surface area (Å²) in [7, 11) is 1.76. The summed E-state index contributed by atoms with van der Waals surface area (Å²) in [5.74, 6) is 0.642. The van der Waals surface area contributed by atoms with E-state index in [-0.39, 0.29) is 5.41 Å². The van der Waals surface area contributed by atoms with E-state index in [2.05, 4.69) is 4.90 Å². The number of carbonyl (C=O) groups is 1. The van der Waals surface area contributed by atoms with Gasteiger partial charge in [0.25, 0.3) is 0 Å². The summed E-state index contributed by atoms with van der Waals surface area (Å²) >= 11 is 0. The highest BCUT2D eigenvalue weighted by molar-refractivity contribution is 5.60. The molecule has 0 bridgehead atoms. The van der Waals surface area contributed by atoms with Gasteiger partial charge in [0, 0.05) is 38.8 Å². The molecule has 1 unspecified atom stereocenters. The van der Waals surface area contributed by atoms with Crippen molar-refractivity contribution in [1.82, 2.24) is 4.90 Å². The van der Waals surface area contributed by atoms with Gasteiger partial charge < -0.3 is 19.2 Å². The number of methoxy groups -OCH3 is 1. The monoisotopic (exact) mass is 241 g/mol. The smallest absolute Gasteiger partial charge is 0.127 e. The first-order chi connectivity index (χ1) is 8.28. The number of aldehydes is 1. The fourth-order valence-corrected chi connectivity index (χ4v) is 2.96. The Morgan fingerprint density at radius 2 is 2.24 bits per heavy atom. The van der Waals surface area contributed by atoms with Gasteiger partial charge in [-0.05, 0) is 31.7 Å². The largest absolute Gasteiger partial charge is 0.384 e. The lowest BCUT2D eigenvalue weighted by molar-refractivity contribution is -0.122. The summed E-state index contributed by atoms with van der Waals surface area (Å²) in [5.41, 5.74) is -0.153. The third-order valence-electron chi connectivity index (χ3n) is 4.05. The van der Waals surface area contributed by atoms with Crippen LogP contribution < -0.4 is 0 Å². The first-order valence-electron chi connectivity index (χ1n) is 6.53. The predicted octanol–water partition coefficient (Wildman–Crippen LogP) is 0.950. The van der Waals surface area contributed by atoms with Gasteiger partial charge >= 0.3 is 0 Å². The number of carbonyl (C=O) groups excluding carboxylic acids is 1. The molecule has 4 heteroatoms. The third-order valence-corrected chi connectivity index (χ3v) is 4.05. The van der Waals surface area contributed by atoms with E-state index < -0.39 is 0 Å². The van der Waals surface area contributed by atoms with Crippen LogP contribution >= 0.6 is 0 Å². The van der Waals surface area contributed by atoms with E-state index in [1.807, 2.05) is 0 Å². The Kier molecular flexibility index (Phi) is 4.54. The molecule has 2 fully saturated rings. The van der Waals surface area contributed by atoms with Crippen molar-refractivity contribution < 1.29 is 14.3 Å². The molecule has 1 atom stereocenters. The fraction of sp³-hybridized carbons (Fsp3) is 0.923. The van der Waals surface area contributed by atoms with Crippen LogP contribution in [0.1, 0.15) is 19.3 Å². The number of rotatable bonds is 5. The number of ether oxygens (including phenoxy) is 2. The molecule has 2 rings (SSSR count). The molecule has 2 saturated heterocycles. The van der Waals surface area contributed by atoms with Crippen molar-refractivity contribution >= 4 is 6.29 Å². The molecule has 17 heavy (non-hydrogen) atoms. The number of nitrogens with zero attached hydrogens (tertiary/aromatic N) is 1. The van der Waals surface area contributed by atoms with Gasteiger partial charge in [0.15, 0.2) is 0 Å². The van der Waals surface area contributed by atoms with Crippen LogP contribution in [0.5, 0.6) is 0 Å². The molecule has 0 aromatic carbocycles. The van der Waals surface area contributed by atoms with E-state index >= 15 is 0 Å². The SMILES string of the molecule is COCC1CCN(CC2(C=O)CCOCC2)C1. The second-order valence-corrected chi connectivity index (χ2v) is 5.44. The summed E-state index contributed by atoms with van der Waals surface area (Å²) in [5, 5.41) is 0. The summed E-state index contributed by atoms with van der Waals surface area (Å²) in [6, 6.07) is 0. The second kappa shape index (κ2) is 5.94. The maximum Gasteiger partial charge on any atom is 0.127 e. The van der Waals surface area contributed by atoms with E-state index in [4.69, 9.17) is 9.47 Å². The zero-order chi connectivity index (χ0) is 12.1. The Labute approximate surface area is 103 Å². The second-order valence-electron chi connectivity index (χ2n) is 5.44. The minimum absolute atomic E-state index is 0.153. The van der Waals surface area contributed by atoms with Crippen LogP contribution in [-0.2, 0) is 14.3 Å². The summed E-state index contributed by atoms with van der Waals surface area (Å²) in [6.07, 6.45) is 4.11. The minimum Gasteiger partial charge on any atom is -0.384 e. The molecule has 0 aromatic heterocycles. The molecule has 4 nitrogen and oxygen atoms in total. The van der Waals surface area contributed by atoms with E-state index in [9.17, 15) is 4.79 Å². The molecule has 2 aliphatic rings. The highest BCUT2D eigenvalue weighted by atomic mass is 16.5. The average molecular weight is 241 g/mol. The van der Waals surface area contributed by atoms with Gasteiger partial charge in [0.1, 0.15) is 6.29 Å². The fourth-order valence-electron chi connectivity index (χ4n) is 2.96. The van der Waals surface area contributed by atoms with E-state index in [1.165, 1.54) is 12.7 Å². The predicted molar refractivity (Wildman–Crippen MR) is 65.0 cm³/mol. The minimum atomic E-state index is -0.153. The molecule has 0 radical (unpaired) electrons. The Bertz CT molecular complexity index is 251. The van der Waals surface area contributed by atoms with Gasteiger partial charge in [-0.3, -0.25) is 0 Å². The standard InChI is InChI=1S/C13H23NO3/c1-16-9-12-2-5-14(8-12)10-13(11-15)3-6-17-7-4-13/h11-12H,2-10H2,1H3. The van der Waals surface area contributed by atoms with E-state index in [1.54, 1.807) is 7.11 Å². The van der Waals surface area contributed by atoms with Crippen molar-refractivity contribution in [2.75, 3.05) is 46.6 Å². The lowest BCUT2D eigenvalue weighted by atomic mass is 9.81. The van der Waals surface area contributed by atoms with Crippen LogP contribution in [0.2, 0.25) is 0 Å². The molecule has 0 saturated carbocycles. The maximum atomic E-state index is 11.4. The van der Waals surface area contributed by atoms with Crippen molar-refractivity contribution in [2.24, 2.45) is 11.3 Å². The molecule has 0 aliphatic carbocycles. The van der Waals surface area contributed by atoms with Crippen molar-refractivity contribution in [3.8, 4) is 0 Å². The first kappa shape index (κ1) is 13.0. The lowest BCUT2D eigenvalue weighted by Crippen LogP contribution is -2.42. The Hall–Kier alpha value is -0.450. The third kappa shape index (κ3) is 3.27. The molecule has 0 amide bonds. The summed E-state index contributed by atoms with van der Waals surface area (Å²) < 4.78 is 10.6. The zero-order valence-corrected chi connectivity index (χ0v) is 10.7. The molecule has 0 N–H and O–H groups in total. The molecular formula is C13H23NO3. The Balaban J connectivity index is 1.85. The first-order valence-corrected chi connectivity index (χ1v) is 6.53.